The van der Waals surface area contributed by atoms with Crippen molar-refractivity contribution in [3.05, 3.63) is 46.5 Å². The largest absolute Gasteiger partial charge is 0.508 e. The van der Waals surface area contributed by atoms with Crippen LogP contribution >= 0.6 is 11.6 Å². The van der Waals surface area contributed by atoms with Crippen molar-refractivity contribution in [2.45, 2.75) is 12.5 Å². The van der Waals surface area contributed by atoms with Gasteiger partial charge in [-0.3, -0.25) is 4.79 Å². The van der Waals surface area contributed by atoms with Gasteiger partial charge in [0.05, 0.1) is 11.4 Å². The molecule has 2 aromatic rings. The van der Waals surface area contributed by atoms with Gasteiger partial charge >= 0.3 is 0 Å². The third-order valence-corrected chi connectivity index (χ3v) is 3.63. The molecule has 0 radical (unpaired) electrons. The van der Waals surface area contributed by atoms with E-state index in [9.17, 15) is 20.1 Å². The highest BCUT2D eigenvalue weighted by molar-refractivity contribution is 6.32. The Morgan fingerprint density at radius 3 is 2.57 bits per heavy atom. The van der Waals surface area contributed by atoms with E-state index in [1.54, 1.807) is 6.07 Å². The molecule has 3 N–H and O–H groups in total. The topological polar surface area (TPSA) is 87.0 Å². The fraction of sp³-hybridized carbons (Fsp3) is 0.133. The van der Waals surface area contributed by atoms with Gasteiger partial charge < -0.3 is 20.1 Å². The molecule has 3 rings (SSSR count). The van der Waals surface area contributed by atoms with Gasteiger partial charge in [-0.05, 0) is 17.7 Å². The lowest BCUT2D eigenvalue weighted by molar-refractivity contribution is 0.0845. The Labute approximate surface area is 125 Å². The molecule has 5 nitrogen and oxygen atoms in total. The molecule has 1 heterocycles. The molecular formula is C15H11ClO5. The van der Waals surface area contributed by atoms with E-state index in [0.717, 1.165) is 6.07 Å². The van der Waals surface area contributed by atoms with Gasteiger partial charge in [-0.1, -0.05) is 17.7 Å². The molecular weight excluding hydrogens is 296 g/mol. The van der Waals surface area contributed by atoms with Gasteiger partial charge in [0, 0.05) is 12.1 Å². The second kappa shape index (κ2) is 4.86. The number of carbonyl (C=O) groups excluding carboxylic acids is 1. The Kier molecular flexibility index (Phi) is 3.14. The zero-order valence-electron chi connectivity index (χ0n) is 10.7. The first-order valence-corrected chi connectivity index (χ1v) is 6.57. The average molecular weight is 307 g/mol. The molecule has 0 bridgehead atoms. The molecule has 0 aliphatic carbocycles. The maximum absolute atomic E-state index is 12.1. The predicted molar refractivity (Wildman–Crippen MR) is 75.2 cm³/mol. The van der Waals surface area contributed by atoms with E-state index in [1.807, 2.05) is 0 Å². The third kappa shape index (κ3) is 2.36. The number of rotatable bonds is 1. The number of phenolic OH excluding ortho intramolecular Hbond substituents is 3. The van der Waals surface area contributed by atoms with Gasteiger partial charge in [0.1, 0.15) is 34.7 Å². The number of ketones is 1. The molecule has 2 aromatic carbocycles. The first kappa shape index (κ1) is 13.6. The summed E-state index contributed by atoms with van der Waals surface area (Å²) in [4.78, 5) is 12.1. The Bertz CT molecular complexity index is 741. The van der Waals surface area contributed by atoms with Gasteiger partial charge in [-0.2, -0.15) is 0 Å². The summed E-state index contributed by atoms with van der Waals surface area (Å²) in [5.41, 5.74) is 0.688. The number of halogens is 1. The summed E-state index contributed by atoms with van der Waals surface area (Å²) in [7, 11) is 0. The van der Waals surface area contributed by atoms with Gasteiger partial charge in [0.15, 0.2) is 5.78 Å². The van der Waals surface area contributed by atoms with Crippen LogP contribution in [0, 0.1) is 0 Å². The predicted octanol–water partition coefficient (Wildman–Crippen LogP) is 3.16. The number of hydrogen-bond donors (Lipinski definition) is 3. The van der Waals surface area contributed by atoms with Crippen molar-refractivity contribution in [1.29, 1.82) is 0 Å². The van der Waals surface area contributed by atoms with Crippen molar-refractivity contribution in [3.63, 3.8) is 0 Å². The highest BCUT2D eigenvalue weighted by Gasteiger charge is 2.31. The number of benzene rings is 2. The monoisotopic (exact) mass is 306 g/mol. The van der Waals surface area contributed by atoms with E-state index >= 15 is 0 Å². The maximum Gasteiger partial charge on any atom is 0.174 e. The standard InChI is InChI=1S/C15H11ClO5/c16-9-3-7(1-2-10(9)18)13-6-12(20)15-11(19)4-8(17)5-14(15)21-13/h1-5,13,17-19H,6H2/t13-/m1/s1. The number of hydrogen-bond acceptors (Lipinski definition) is 5. The number of Topliss-reactive ketones (excluding diaryl/α,β-unsaturated/α-hetero) is 1. The van der Waals surface area contributed by atoms with Crippen molar-refractivity contribution < 1.29 is 24.9 Å². The van der Waals surface area contributed by atoms with Crippen LogP contribution in [0.1, 0.15) is 28.4 Å². The van der Waals surface area contributed by atoms with Gasteiger partial charge in [-0.25, -0.2) is 0 Å². The van der Waals surface area contributed by atoms with Crippen LogP contribution in [0.4, 0.5) is 0 Å². The maximum atomic E-state index is 12.1. The van der Waals surface area contributed by atoms with Crippen molar-refractivity contribution >= 4 is 17.4 Å². The first-order valence-electron chi connectivity index (χ1n) is 6.20. The second-order valence-electron chi connectivity index (χ2n) is 4.78. The van der Waals surface area contributed by atoms with Crippen LogP contribution in [0.2, 0.25) is 5.02 Å². The molecule has 21 heavy (non-hydrogen) atoms. The summed E-state index contributed by atoms with van der Waals surface area (Å²) in [6, 6.07) is 6.91. The van der Waals surface area contributed by atoms with Crippen LogP contribution in [0.5, 0.6) is 23.0 Å². The molecule has 1 aliphatic heterocycles. The zero-order valence-corrected chi connectivity index (χ0v) is 11.5. The highest BCUT2D eigenvalue weighted by atomic mass is 35.5. The quantitative estimate of drug-likeness (QED) is 0.753. The van der Waals surface area contributed by atoms with Crippen LogP contribution in [0.3, 0.4) is 0 Å². The normalized spacial score (nSPS) is 17.2. The summed E-state index contributed by atoms with van der Waals surface area (Å²) in [5.74, 6) is -0.722. The van der Waals surface area contributed by atoms with E-state index in [-0.39, 0.29) is 45.8 Å². The van der Waals surface area contributed by atoms with E-state index in [4.69, 9.17) is 16.3 Å². The lowest BCUT2D eigenvalue weighted by atomic mass is 9.95. The minimum Gasteiger partial charge on any atom is -0.508 e. The van der Waals surface area contributed by atoms with Gasteiger partial charge in [-0.15, -0.1) is 0 Å². The number of phenols is 3. The summed E-state index contributed by atoms with van der Waals surface area (Å²) < 4.78 is 5.66. The zero-order chi connectivity index (χ0) is 15.1. The smallest absolute Gasteiger partial charge is 0.174 e. The number of carbonyl (C=O) groups is 1. The Morgan fingerprint density at radius 1 is 1.10 bits per heavy atom. The van der Waals surface area contributed by atoms with E-state index in [2.05, 4.69) is 0 Å². The average Bonchev–Trinajstić information content (AvgIpc) is 2.40. The third-order valence-electron chi connectivity index (χ3n) is 3.33. The molecule has 6 heteroatoms. The SMILES string of the molecule is O=C1C[C@H](c2ccc(O)c(Cl)c2)Oc2cc(O)cc(O)c21. The number of aromatic hydroxyl groups is 3. The fourth-order valence-corrected chi connectivity index (χ4v) is 2.52. The molecule has 0 aromatic heterocycles. The minimum absolute atomic E-state index is 0.0342. The second-order valence-corrected chi connectivity index (χ2v) is 5.19. The summed E-state index contributed by atoms with van der Waals surface area (Å²) in [5, 5.41) is 28.8. The molecule has 0 amide bonds. The molecule has 0 saturated heterocycles. The summed E-state index contributed by atoms with van der Waals surface area (Å²) in [6.45, 7) is 0. The van der Waals surface area contributed by atoms with Gasteiger partial charge in [0.25, 0.3) is 0 Å². The van der Waals surface area contributed by atoms with Crippen LogP contribution in [-0.2, 0) is 0 Å². The van der Waals surface area contributed by atoms with Crippen LogP contribution in [-0.4, -0.2) is 21.1 Å². The molecule has 108 valence electrons. The van der Waals surface area contributed by atoms with E-state index in [1.165, 1.54) is 18.2 Å². The number of ether oxygens (including phenoxy) is 1. The van der Waals surface area contributed by atoms with Crippen molar-refractivity contribution in [1.82, 2.24) is 0 Å². The highest BCUT2D eigenvalue weighted by Crippen LogP contribution is 2.42. The minimum atomic E-state index is -0.593. The lowest BCUT2D eigenvalue weighted by Gasteiger charge is -2.26. The van der Waals surface area contributed by atoms with Crippen LogP contribution in [0.25, 0.3) is 0 Å². The first-order chi connectivity index (χ1) is 9.95. The Balaban J connectivity index is 2.01. The summed E-state index contributed by atoms with van der Waals surface area (Å²) in [6.07, 6.45) is -0.559. The molecule has 1 aliphatic rings. The fourth-order valence-electron chi connectivity index (χ4n) is 2.33. The molecule has 1 atom stereocenters. The summed E-state index contributed by atoms with van der Waals surface area (Å²) >= 11 is 5.85. The molecule has 0 unspecified atom stereocenters. The van der Waals surface area contributed by atoms with Crippen LogP contribution in [0.15, 0.2) is 30.3 Å². The van der Waals surface area contributed by atoms with Crippen molar-refractivity contribution in [2.75, 3.05) is 0 Å². The molecule has 0 fully saturated rings. The van der Waals surface area contributed by atoms with Crippen molar-refractivity contribution in [2.24, 2.45) is 0 Å². The van der Waals surface area contributed by atoms with E-state index < -0.39 is 6.10 Å². The van der Waals surface area contributed by atoms with E-state index in [0.29, 0.717) is 5.56 Å². The Hall–Kier alpha value is -2.40. The lowest BCUT2D eigenvalue weighted by Crippen LogP contribution is -2.20. The van der Waals surface area contributed by atoms with Crippen molar-refractivity contribution in [3.8, 4) is 23.0 Å². The van der Waals surface area contributed by atoms with Crippen LogP contribution < -0.4 is 4.74 Å². The molecule has 0 spiro atoms. The number of fused-ring (bicyclic) bond motifs is 1. The molecule has 0 saturated carbocycles. The van der Waals surface area contributed by atoms with Gasteiger partial charge in [0.2, 0.25) is 0 Å². The Morgan fingerprint density at radius 2 is 1.86 bits per heavy atom.